The molecule has 2 unspecified atom stereocenters. The van der Waals surface area contributed by atoms with Gasteiger partial charge in [-0.1, -0.05) is 6.07 Å². The number of benzene rings is 2. The Labute approximate surface area is 170 Å². The number of hydrogen-bond donors (Lipinski definition) is 2. The number of carbonyl (C=O) groups excluding carboxylic acids is 1. The molecule has 0 aromatic heterocycles. The van der Waals surface area contributed by atoms with Crippen LogP contribution < -0.4 is 20.3 Å². The summed E-state index contributed by atoms with van der Waals surface area (Å²) in [6.07, 6.45) is 3.47. The van der Waals surface area contributed by atoms with Crippen molar-refractivity contribution in [3.8, 4) is 5.75 Å². The van der Waals surface area contributed by atoms with E-state index >= 15 is 0 Å². The number of rotatable bonds is 5. The molecule has 2 atom stereocenters. The Morgan fingerprint density at radius 3 is 2.90 bits per heavy atom. The number of hydrogen-bond acceptors (Lipinski definition) is 4. The van der Waals surface area contributed by atoms with Gasteiger partial charge in [-0.2, -0.15) is 0 Å². The van der Waals surface area contributed by atoms with E-state index in [1.807, 2.05) is 0 Å². The fraction of sp³-hybridized carbons (Fsp3) is 0.435. The lowest BCUT2D eigenvalue weighted by molar-refractivity contribution is -0.116. The lowest BCUT2D eigenvalue weighted by Gasteiger charge is -2.33. The van der Waals surface area contributed by atoms with E-state index in [9.17, 15) is 9.18 Å². The summed E-state index contributed by atoms with van der Waals surface area (Å²) >= 11 is 0. The van der Waals surface area contributed by atoms with E-state index in [1.54, 1.807) is 12.1 Å². The molecule has 0 bridgehead atoms. The van der Waals surface area contributed by atoms with Crippen LogP contribution in [-0.4, -0.2) is 38.2 Å². The van der Waals surface area contributed by atoms with Crippen LogP contribution in [0.2, 0.25) is 0 Å². The monoisotopic (exact) mass is 395 g/mol. The minimum atomic E-state index is -0.252. The van der Waals surface area contributed by atoms with Crippen molar-refractivity contribution in [2.45, 2.75) is 37.6 Å². The van der Waals surface area contributed by atoms with Gasteiger partial charge in [0.15, 0.2) is 0 Å². The Kier molecular flexibility index (Phi) is 4.87. The summed E-state index contributed by atoms with van der Waals surface area (Å²) in [4.78, 5) is 14.6. The molecule has 0 radical (unpaired) electrons. The first-order valence-electron chi connectivity index (χ1n) is 10.5. The van der Waals surface area contributed by atoms with Crippen molar-refractivity contribution in [2.75, 3.05) is 36.5 Å². The largest absolute Gasteiger partial charge is 0.494 e. The Morgan fingerprint density at radius 1 is 1.17 bits per heavy atom. The molecule has 3 aliphatic rings. The average Bonchev–Trinajstić information content (AvgIpc) is 2.97. The maximum atomic E-state index is 13.0. The van der Waals surface area contributed by atoms with Gasteiger partial charge in [0.05, 0.1) is 18.0 Å². The van der Waals surface area contributed by atoms with Gasteiger partial charge in [0.1, 0.15) is 11.6 Å². The molecule has 0 spiro atoms. The van der Waals surface area contributed by atoms with Crippen molar-refractivity contribution in [2.24, 2.45) is 0 Å². The van der Waals surface area contributed by atoms with Crippen LogP contribution in [0.5, 0.6) is 5.75 Å². The topological polar surface area (TPSA) is 53.6 Å². The SMILES string of the molecule is O=C1CCN2c3c(ccc(CCCOc4ccc(F)cc4)c3C3CNCCC32)N1. The van der Waals surface area contributed by atoms with Gasteiger partial charge in [-0.15, -0.1) is 0 Å². The van der Waals surface area contributed by atoms with E-state index in [2.05, 4.69) is 27.7 Å². The summed E-state index contributed by atoms with van der Waals surface area (Å²) in [5.41, 5.74) is 4.96. The molecule has 1 amide bonds. The third-order valence-corrected chi connectivity index (χ3v) is 6.34. The number of halogens is 1. The van der Waals surface area contributed by atoms with E-state index in [0.717, 1.165) is 44.6 Å². The van der Waals surface area contributed by atoms with E-state index in [0.29, 0.717) is 30.7 Å². The highest BCUT2D eigenvalue weighted by atomic mass is 19.1. The number of ether oxygens (including phenoxy) is 1. The van der Waals surface area contributed by atoms with Gasteiger partial charge < -0.3 is 20.3 Å². The second kappa shape index (κ2) is 7.67. The molecule has 6 heteroatoms. The van der Waals surface area contributed by atoms with Gasteiger partial charge in [0, 0.05) is 31.5 Å². The van der Waals surface area contributed by atoms with E-state index in [-0.39, 0.29) is 11.7 Å². The maximum absolute atomic E-state index is 13.0. The lowest BCUT2D eigenvalue weighted by atomic mass is 9.86. The molecule has 152 valence electrons. The maximum Gasteiger partial charge on any atom is 0.226 e. The molecule has 5 rings (SSSR count). The molecule has 1 fully saturated rings. The zero-order valence-electron chi connectivity index (χ0n) is 16.4. The smallest absolute Gasteiger partial charge is 0.226 e. The quantitative estimate of drug-likeness (QED) is 0.762. The Bertz CT molecular complexity index is 915. The number of anilines is 2. The number of nitrogens with one attached hydrogen (secondary N) is 2. The molecule has 3 heterocycles. The van der Waals surface area contributed by atoms with Gasteiger partial charge in [0.2, 0.25) is 5.91 Å². The van der Waals surface area contributed by atoms with Gasteiger partial charge in [-0.05, 0) is 67.3 Å². The van der Waals surface area contributed by atoms with Gasteiger partial charge in [0.25, 0.3) is 0 Å². The van der Waals surface area contributed by atoms with E-state index < -0.39 is 0 Å². The predicted molar refractivity (Wildman–Crippen MR) is 111 cm³/mol. The summed E-state index contributed by atoms with van der Waals surface area (Å²) in [7, 11) is 0. The highest BCUT2D eigenvalue weighted by Crippen LogP contribution is 2.49. The Hall–Kier alpha value is -2.60. The highest BCUT2D eigenvalue weighted by Gasteiger charge is 2.43. The molecule has 0 aliphatic carbocycles. The van der Waals surface area contributed by atoms with E-state index in [4.69, 9.17) is 4.74 Å². The summed E-state index contributed by atoms with van der Waals surface area (Å²) in [6.45, 7) is 3.41. The number of carbonyl (C=O) groups is 1. The van der Waals surface area contributed by atoms with Crippen molar-refractivity contribution in [1.29, 1.82) is 0 Å². The summed E-state index contributed by atoms with van der Waals surface area (Å²) in [5, 5.41) is 6.66. The van der Waals surface area contributed by atoms with Crippen molar-refractivity contribution < 1.29 is 13.9 Å². The zero-order chi connectivity index (χ0) is 19.8. The first-order valence-corrected chi connectivity index (χ1v) is 10.5. The number of aryl methyl sites for hydroxylation is 1. The summed E-state index contributed by atoms with van der Waals surface area (Å²) in [5.74, 6) is 1.02. The van der Waals surface area contributed by atoms with Crippen LogP contribution >= 0.6 is 0 Å². The van der Waals surface area contributed by atoms with E-state index in [1.165, 1.54) is 28.9 Å². The van der Waals surface area contributed by atoms with Crippen LogP contribution in [0.4, 0.5) is 15.8 Å². The molecule has 5 nitrogen and oxygen atoms in total. The van der Waals surface area contributed by atoms with Crippen molar-refractivity contribution >= 4 is 17.3 Å². The minimum Gasteiger partial charge on any atom is -0.494 e. The molecule has 0 saturated carbocycles. The zero-order valence-corrected chi connectivity index (χ0v) is 16.4. The molecule has 2 aromatic rings. The first-order chi connectivity index (χ1) is 14.2. The molecular formula is C23H26FN3O2. The minimum absolute atomic E-state index is 0.104. The molecular weight excluding hydrogens is 369 g/mol. The molecule has 3 aliphatic heterocycles. The number of nitrogens with zero attached hydrogens (tertiary/aromatic N) is 1. The summed E-state index contributed by atoms with van der Waals surface area (Å²) < 4.78 is 18.8. The average molecular weight is 395 g/mol. The number of amides is 1. The first kappa shape index (κ1) is 18.4. The Balaban J connectivity index is 1.36. The fourth-order valence-electron chi connectivity index (χ4n) is 5.07. The summed E-state index contributed by atoms with van der Waals surface area (Å²) in [6, 6.07) is 10.9. The Morgan fingerprint density at radius 2 is 2.03 bits per heavy atom. The predicted octanol–water partition coefficient (Wildman–Crippen LogP) is 3.45. The van der Waals surface area contributed by atoms with Gasteiger partial charge in [-0.25, -0.2) is 4.39 Å². The molecule has 2 aromatic carbocycles. The van der Waals surface area contributed by atoms with Gasteiger partial charge in [-0.3, -0.25) is 4.79 Å². The second-order valence-corrected chi connectivity index (χ2v) is 8.10. The van der Waals surface area contributed by atoms with Crippen LogP contribution in [0.3, 0.4) is 0 Å². The third-order valence-electron chi connectivity index (χ3n) is 6.34. The van der Waals surface area contributed by atoms with Crippen LogP contribution in [0.25, 0.3) is 0 Å². The molecule has 2 N–H and O–H groups in total. The van der Waals surface area contributed by atoms with Crippen molar-refractivity contribution in [1.82, 2.24) is 5.32 Å². The van der Waals surface area contributed by atoms with Crippen LogP contribution in [0, 0.1) is 5.82 Å². The standard InChI is InChI=1S/C23H26FN3O2/c24-16-4-6-17(7-5-16)29-13-1-2-15-3-8-19-23-22(15)18-14-25-11-9-20(18)27(23)12-10-21(28)26-19/h3-8,18,20,25H,1-2,9-14H2,(H,26,28). The van der Waals surface area contributed by atoms with Crippen LogP contribution in [-0.2, 0) is 11.2 Å². The molecule has 29 heavy (non-hydrogen) atoms. The fourth-order valence-corrected chi connectivity index (χ4v) is 5.07. The number of piperidine rings is 1. The molecule has 1 saturated heterocycles. The van der Waals surface area contributed by atoms with Gasteiger partial charge >= 0.3 is 0 Å². The third kappa shape index (κ3) is 3.46. The normalized spacial score (nSPS) is 22.5. The van der Waals surface area contributed by atoms with Crippen LogP contribution in [0.15, 0.2) is 36.4 Å². The second-order valence-electron chi connectivity index (χ2n) is 8.10. The number of fused-ring (bicyclic) bond motifs is 3. The van der Waals surface area contributed by atoms with Crippen molar-refractivity contribution in [3.63, 3.8) is 0 Å². The van der Waals surface area contributed by atoms with Crippen LogP contribution in [0.1, 0.15) is 36.3 Å². The van der Waals surface area contributed by atoms with Crippen molar-refractivity contribution in [3.05, 3.63) is 53.3 Å². The lowest BCUT2D eigenvalue weighted by Crippen LogP contribution is -2.44. The highest BCUT2D eigenvalue weighted by molar-refractivity contribution is 5.98.